The van der Waals surface area contributed by atoms with Crippen molar-refractivity contribution in [2.24, 2.45) is 0 Å². The van der Waals surface area contributed by atoms with Gasteiger partial charge in [0.1, 0.15) is 11.2 Å². The van der Waals surface area contributed by atoms with Gasteiger partial charge in [-0.2, -0.15) is 0 Å². The van der Waals surface area contributed by atoms with Crippen LogP contribution >= 0.6 is 0 Å². The van der Waals surface area contributed by atoms with Gasteiger partial charge < -0.3 is 24.0 Å². The molecule has 0 bridgehead atoms. The molecule has 13 heteroatoms. The molecule has 0 aliphatic carbocycles. The number of hydrogen-bond acceptors (Lipinski definition) is 10. The van der Waals surface area contributed by atoms with E-state index in [1.54, 1.807) is 27.4 Å². The van der Waals surface area contributed by atoms with Gasteiger partial charge in [0.2, 0.25) is 0 Å². The van der Waals surface area contributed by atoms with Gasteiger partial charge in [0.15, 0.2) is 0 Å². The van der Waals surface area contributed by atoms with E-state index >= 15 is 0 Å². The molecular weight excluding hydrogens is 666 g/mol. The number of amides is 3. The van der Waals surface area contributed by atoms with Gasteiger partial charge in [-0.15, -0.1) is 0 Å². The fraction of sp³-hybridized carbons (Fsp3) is 0.487. The molecule has 3 amide bonds. The van der Waals surface area contributed by atoms with Crippen LogP contribution in [0, 0.1) is 0 Å². The number of piperazine rings is 2. The molecule has 0 aromatic heterocycles. The number of benzene rings is 2. The third-order valence-corrected chi connectivity index (χ3v) is 7.97. The first kappa shape index (κ1) is 41.7. The van der Waals surface area contributed by atoms with Crippen molar-refractivity contribution in [3.8, 4) is 0 Å². The maximum Gasteiger partial charge on any atom is 0.410 e. The molecule has 0 spiro atoms. The SMILES string of the molecule is CC(C)(C)OC(=O)N1CCN(Cc2ccc(/C=C/C(=O)NO)cc2)CC1.COC(=O)/C=C/c1ccc(CN2CCN(C(=O)OC(C)(C)C)CC2)cc1. The summed E-state index contributed by atoms with van der Waals surface area (Å²) in [6, 6.07) is 15.9. The summed E-state index contributed by atoms with van der Waals surface area (Å²) in [6.07, 6.45) is 5.55. The molecule has 0 unspecified atom stereocenters. The van der Waals surface area contributed by atoms with Crippen molar-refractivity contribution in [2.75, 3.05) is 59.5 Å². The van der Waals surface area contributed by atoms with Crippen LogP contribution in [0.2, 0.25) is 0 Å². The topological polar surface area (TPSA) is 141 Å². The number of rotatable bonds is 8. The molecular formula is C39H55N5O8. The van der Waals surface area contributed by atoms with Crippen molar-refractivity contribution in [1.82, 2.24) is 25.1 Å². The largest absolute Gasteiger partial charge is 0.466 e. The van der Waals surface area contributed by atoms with Crippen LogP contribution in [0.5, 0.6) is 0 Å². The highest BCUT2D eigenvalue weighted by molar-refractivity contribution is 5.90. The molecule has 2 aromatic rings. The summed E-state index contributed by atoms with van der Waals surface area (Å²) in [6.45, 7) is 18.8. The Morgan fingerprint density at radius 1 is 0.635 bits per heavy atom. The molecule has 52 heavy (non-hydrogen) atoms. The number of nitrogens with one attached hydrogen (secondary N) is 1. The fourth-order valence-electron chi connectivity index (χ4n) is 5.26. The highest BCUT2D eigenvalue weighted by atomic mass is 16.6. The minimum atomic E-state index is -0.558. The number of hydroxylamine groups is 1. The van der Waals surface area contributed by atoms with Crippen LogP contribution in [-0.2, 0) is 36.9 Å². The quantitative estimate of drug-likeness (QED) is 0.123. The highest BCUT2D eigenvalue weighted by Gasteiger charge is 2.27. The molecule has 4 rings (SSSR count). The minimum Gasteiger partial charge on any atom is -0.466 e. The van der Waals surface area contributed by atoms with E-state index < -0.39 is 17.1 Å². The van der Waals surface area contributed by atoms with Gasteiger partial charge in [-0.1, -0.05) is 48.5 Å². The summed E-state index contributed by atoms with van der Waals surface area (Å²) in [5, 5.41) is 8.46. The van der Waals surface area contributed by atoms with E-state index in [-0.39, 0.29) is 18.2 Å². The average Bonchev–Trinajstić information content (AvgIpc) is 3.10. The monoisotopic (exact) mass is 721 g/mol. The summed E-state index contributed by atoms with van der Waals surface area (Å²) in [5.74, 6) is -0.922. The predicted molar refractivity (Wildman–Crippen MR) is 199 cm³/mol. The molecule has 0 saturated carbocycles. The maximum absolute atomic E-state index is 12.1. The van der Waals surface area contributed by atoms with Crippen LogP contribution in [0.15, 0.2) is 60.7 Å². The molecule has 2 heterocycles. The molecule has 2 fully saturated rings. The van der Waals surface area contributed by atoms with Crippen molar-refractivity contribution in [2.45, 2.75) is 65.8 Å². The fourth-order valence-corrected chi connectivity index (χ4v) is 5.26. The van der Waals surface area contributed by atoms with E-state index in [1.165, 1.54) is 30.4 Å². The molecule has 284 valence electrons. The summed E-state index contributed by atoms with van der Waals surface area (Å²) in [4.78, 5) is 54.4. The lowest BCUT2D eigenvalue weighted by atomic mass is 10.1. The van der Waals surface area contributed by atoms with E-state index in [0.29, 0.717) is 26.2 Å². The Bertz CT molecular complexity index is 1400. The first-order chi connectivity index (χ1) is 24.5. The second-order valence-electron chi connectivity index (χ2n) is 14.6. The summed E-state index contributed by atoms with van der Waals surface area (Å²) >= 11 is 0. The van der Waals surface area contributed by atoms with Gasteiger partial charge in [-0.3, -0.25) is 19.8 Å². The number of ether oxygens (including phenoxy) is 3. The zero-order valence-electron chi connectivity index (χ0n) is 31.6. The molecule has 2 saturated heterocycles. The van der Waals surface area contributed by atoms with Gasteiger partial charge >= 0.3 is 18.2 Å². The molecule has 2 N–H and O–H groups in total. The van der Waals surface area contributed by atoms with Gasteiger partial charge in [-0.25, -0.2) is 19.9 Å². The number of methoxy groups -OCH3 is 1. The van der Waals surface area contributed by atoms with Crippen LogP contribution in [0.1, 0.15) is 63.8 Å². The van der Waals surface area contributed by atoms with Crippen LogP contribution in [-0.4, -0.2) is 120 Å². The second-order valence-corrected chi connectivity index (χ2v) is 14.6. The average molecular weight is 722 g/mol. The first-order valence-corrected chi connectivity index (χ1v) is 17.5. The van der Waals surface area contributed by atoms with Crippen molar-refractivity contribution in [3.63, 3.8) is 0 Å². The van der Waals surface area contributed by atoms with Crippen LogP contribution in [0.4, 0.5) is 9.59 Å². The normalized spacial score (nSPS) is 15.9. The van der Waals surface area contributed by atoms with Crippen molar-refractivity contribution >= 4 is 36.2 Å². The predicted octanol–water partition coefficient (Wildman–Crippen LogP) is 5.18. The van der Waals surface area contributed by atoms with Crippen LogP contribution < -0.4 is 5.48 Å². The Labute approximate surface area is 307 Å². The first-order valence-electron chi connectivity index (χ1n) is 17.5. The molecule has 0 radical (unpaired) electrons. The van der Waals surface area contributed by atoms with Crippen LogP contribution in [0.3, 0.4) is 0 Å². The Kier molecular flexibility index (Phi) is 15.9. The molecule has 2 aromatic carbocycles. The van der Waals surface area contributed by atoms with E-state index in [4.69, 9.17) is 14.7 Å². The molecule has 0 atom stereocenters. The Morgan fingerprint density at radius 3 is 1.33 bits per heavy atom. The van der Waals surface area contributed by atoms with Gasteiger partial charge in [0.05, 0.1) is 7.11 Å². The number of hydrogen-bond donors (Lipinski definition) is 2. The van der Waals surface area contributed by atoms with Crippen molar-refractivity contribution in [1.29, 1.82) is 0 Å². The Hall–Kier alpha value is -4.72. The Morgan fingerprint density at radius 2 is 1.00 bits per heavy atom. The third kappa shape index (κ3) is 15.7. The standard InChI is InChI=1S/C20H28N2O4.C19H27N3O4/c1-20(2,3)26-19(24)22-13-11-21(12-14-22)15-17-7-5-16(6-8-17)9-10-18(23)25-4;1-19(2,3)26-18(24)22-12-10-21(11-13-22)14-16-6-4-15(5-7-16)8-9-17(23)20-25/h5-10H,11-15H2,1-4H3;4-9,25H,10-14H2,1-3H3,(H,20,23)/b10-9+;9-8+. The number of esters is 1. The van der Waals surface area contributed by atoms with E-state index in [0.717, 1.165) is 50.4 Å². The van der Waals surface area contributed by atoms with Gasteiger partial charge in [0.25, 0.3) is 5.91 Å². The summed E-state index contributed by atoms with van der Waals surface area (Å²) in [5.41, 5.74) is 4.83. The van der Waals surface area contributed by atoms with E-state index in [1.807, 2.05) is 77.9 Å². The van der Waals surface area contributed by atoms with Crippen molar-refractivity contribution in [3.05, 3.63) is 82.9 Å². The smallest absolute Gasteiger partial charge is 0.410 e. The summed E-state index contributed by atoms with van der Waals surface area (Å²) in [7, 11) is 1.36. The number of carbonyl (C=O) groups is 4. The van der Waals surface area contributed by atoms with E-state index in [9.17, 15) is 19.2 Å². The molecule has 2 aliphatic heterocycles. The lowest BCUT2D eigenvalue weighted by Gasteiger charge is -2.35. The minimum absolute atomic E-state index is 0.237. The number of carbonyl (C=O) groups excluding carboxylic acids is 4. The molecule has 13 nitrogen and oxygen atoms in total. The third-order valence-electron chi connectivity index (χ3n) is 7.97. The lowest BCUT2D eigenvalue weighted by Crippen LogP contribution is -2.49. The van der Waals surface area contributed by atoms with E-state index in [2.05, 4.69) is 26.7 Å². The van der Waals surface area contributed by atoms with Crippen LogP contribution in [0.25, 0.3) is 12.2 Å². The zero-order chi connectivity index (χ0) is 38.3. The zero-order valence-corrected chi connectivity index (χ0v) is 31.6. The Balaban J connectivity index is 0.000000280. The van der Waals surface area contributed by atoms with Crippen molar-refractivity contribution < 1.29 is 38.6 Å². The van der Waals surface area contributed by atoms with Gasteiger partial charge in [-0.05, 0) is 75.9 Å². The summed E-state index contributed by atoms with van der Waals surface area (Å²) < 4.78 is 15.4. The highest BCUT2D eigenvalue weighted by Crippen LogP contribution is 2.16. The molecule has 2 aliphatic rings. The second kappa shape index (κ2) is 19.8. The maximum atomic E-state index is 12.1. The lowest BCUT2D eigenvalue weighted by molar-refractivity contribution is -0.134. The van der Waals surface area contributed by atoms with Gasteiger partial charge in [0, 0.05) is 77.6 Å². The number of nitrogens with zero attached hydrogens (tertiary/aromatic N) is 4.